The lowest BCUT2D eigenvalue weighted by Crippen LogP contribution is -2.42. The fourth-order valence-corrected chi connectivity index (χ4v) is 2.18. The number of carboxylic acids is 1. The Morgan fingerprint density at radius 3 is 2.55 bits per heavy atom. The van der Waals surface area contributed by atoms with Crippen molar-refractivity contribution in [2.75, 3.05) is 6.61 Å². The van der Waals surface area contributed by atoms with E-state index >= 15 is 0 Å². The molecule has 1 fully saturated rings. The fraction of sp³-hybridized carbons (Fsp3) is 0.846. The quantitative estimate of drug-likeness (QED) is 0.343. The molecular formula is C13H24N2O5. The summed E-state index contributed by atoms with van der Waals surface area (Å²) in [4.78, 5) is 31.1. The van der Waals surface area contributed by atoms with Crippen LogP contribution in [-0.2, 0) is 14.7 Å². The van der Waals surface area contributed by atoms with Crippen LogP contribution < -0.4 is 10.8 Å². The first-order valence-electron chi connectivity index (χ1n) is 7.25. The van der Waals surface area contributed by atoms with E-state index in [0.717, 1.165) is 32.1 Å². The first kappa shape index (κ1) is 16.7. The average Bonchev–Trinajstić information content (AvgIpc) is 2.42. The van der Waals surface area contributed by atoms with Crippen LogP contribution in [0.3, 0.4) is 0 Å². The van der Waals surface area contributed by atoms with Gasteiger partial charge in [-0.2, -0.15) is 5.48 Å². The Morgan fingerprint density at radius 1 is 1.10 bits per heavy atom. The molecule has 0 aliphatic heterocycles. The van der Waals surface area contributed by atoms with E-state index in [9.17, 15) is 9.59 Å². The number of unbranched alkanes of at least 4 members (excludes halogenated alkanes) is 2. The zero-order valence-corrected chi connectivity index (χ0v) is 11.7. The van der Waals surface area contributed by atoms with Gasteiger partial charge in [-0.1, -0.05) is 25.7 Å². The lowest BCUT2D eigenvalue weighted by atomic mass is 9.96. The number of hydroxylamine groups is 1. The van der Waals surface area contributed by atoms with Crippen LogP contribution in [0, 0.1) is 0 Å². The van der Waals surface area contributed by atoms with Crippen molar-refractivity contribution in [3.63, 3.8) is 0 Å². The Balaban J connectivity index is 1.87. The highest BCUT2D eigenvalue weighted by Gasteiger charge is 2.15. The van der Waals surface area contributed by atoms with Gasteiger partial charge in [-0.15, -0.1) is 4.99 Å². The van der Waals surface area contributed by atoms with Gasteiger partial charge in [0.05, 0.1) is 6.61 Å². The van der Waals surface area contributed by atoms with Crippen LogP contribution in [0.2, 0.25) is 0 Å². The normalized spacial score (nSPS) is 15.8. The van der Waals surface area contributed by atoms with Crippen molar-refractivity contribution < 1.29 is 24.6 Å². The Labute approximate surface area is 118 Å². The molecule has 1 saturated carbocycles. The van der Waals surface area contributed by atoms with E-state index in [2.05, 4.69) is 15.8 Å². The van der Waals surface area contributed by atoms with Crippen molar-refractivity contribution in [1.82, 2.24) is 10.8 Å². The van der Waals surface area contributed by atoms with E-state index in [1.54, 1.807) is 0 Å². The van der Waals surface area contributed by atoms with Crippen LogP contribution in [-0.4, -0.2) is 29.8 Å². The largest absolute Gasteiger partial charge is 0.481 e. The third-order valence-corrected chi connectivity index (χ3v) is 3.25. The fourth-order valence-electron chi connectivity index (χ4n) is 2.18. The summed E-state index contributed by atoms with van der Waals surface area (Å²) in [5.41, 5.74) is 2.17. The average molecular weight is 288 g/mol. The predicted molar refractivity (Wildman–Crippen MR) is 71.7 cm³/mol. The zero-order valence-electron chi connectivity index (χ0n) is 11.7. The molecule has 0 aromatic heterocycles. The van der Waals surface area contributed by atoms with Crippen LogP contribution in [0.15, 0.2) is 0 Å². The number of hydrogen-bond donors (Lipinski definition) is 3. The highest BCUT2D eigenvalue weighted by atomic mass is 17.3. The van der Waals surface area contributed by atoms with E-state index in [1.807, 2.05) is 0 Å². The SMILES string of the molecule is O=C(O)CCCCCOONC(=O)NC1CCCCC1. The van der Waals surface area contributed by atoms with Crippen LogP contribution >= 0.6 is 0 Å². The Kier molecular flexibility index (Phi) is 8.73. The van der Waals surface area contributed by atoms with Crippen molar-refractivity contribution in [3.05, 3.63) is 0 Å². The summed E-state index contributed by atoms with van der Waals surface area (Å²) in [6.07, 6.45) is 7.80. The van der Waals surface area contributed by atoms with Crippen molar-refractivity contribution in [2.24, 2.45) is 0 Å². The molecule has 0 bridgehead atoms. The maximum atomic E-state index is 11.4. The number of carbonyl (C=O) groups is 2. The number of hydrogen-bond acceptors (Lipinski definition) is 4. The van der Waals surface area contributed by atoms with Gasteiger partial charge in [0.1, 0.15) is 0 Å². The van der Waals surface area contributed by atoms with E-state index in [0.29, 0.717) is 19.4 Å². The maximum Gasteiger partial charge on any atom is 0.341 e. The maximum absolute atomic E-state index is 11.4. The van der Waals surface area contributed by atoms with E-state index in [-0.39, 0.29) is 18.5 Å². The minimum atomic E-state index is -0.789. The second kappa shape index (κ2) is 10.4. The molecule has 0 radical (unpaired) electrons. The van der Waals surface area contributed by atoms with Gasteiger partial charge in [-0.25, -0.2) is 9.68 Å². The highest BCUT2D eigenvalue weighted by Crippen LogP contribution is 2.17. The Morgan fingerprint density at radius 2 is 1.85 bits per heavy atom. The third kappa shape index (κ3) is 8.71. The molecule has 3 N–H and O–H groups in total. The predicted octanol–water partition coefficient (Wildman–Crippen LogP) is 2.13. The summed E-state index contributed by atoms with van der Waals surface area (Å²) in [5.74, 6) is -0.789. The number of rotatable bonds is 9. The van der Waals surface area contributed by atoms with Gasteiger partial charge in [0, 0.05) is 12.5 Å². The van der Waals surface area contributed by atoms with Crippen LogP contribution in [0.1, 0.15) is 57.8 Å². The highest BCUT2D eigenvalue weighted by molar-refractivity contribution is 5.72. The summed E-state index contributed by atoms with van der Waals surface area (Å²) in [5, 5.41) is 11.3. The van der Waals surface area contributed by atoms with Crippen molar-refractivity contribution >= 4 is 12.0 Å². The summed E-state index contributed by atoms with van der Waals surface area (Å²) in [7, 11) is 0. The molecule has 0 aromatic carbocycles. The second-order valence-corrected chi connectivity index (χ2v) is 5.02. The van der Waals surface area contributed by atoms with E-state index < -0.39 is 5.97 Å². The topological polar surface area (TPSA) is 96.9 Å². The summed E-state index contributed by atoms with van der Waals surface area (Å²) in [6.45, 7) is 0.323. The molecule has 7 nitrogen and oxygen atoms in total. The lowest BCUT2D eigenvalue weighted by Gasteiger charge is -2.22. The number of nitrogens with one attached hydrogen (secondary N) is 2. The molecule has 1 aliphatic carbocycles. The first-order chi connectivity index (χ1) is 9.68. The molecule has 7 heteroatoms. The van der Waals surface area contributed by atoms with E-state index in [4.69, 9.17) is 9.99 Å². The van der Waals surface area contributed by atoms with Gasteiger partial charge >= 0.3 is 12.0 Å². The van der Waals surface area contributed by atoms with Gasteiger partial charge < -0.3 is 10.4 Å². The molecule has 1 rings (SSSR count). The summed E-state index contributed by atoms with van der Waals surface area (Å²) >= 11 is 0. The number of aliphatic carboxylic acids is 1. The standard InChI is InChI=1S/C13H24N2O5/c16-12(17)9-5-2-6-10-19-20-15-13(18)14-11-7-3-1-4-8-11/h11H,1-10H2,(H,16,17)(H2,14,15,18). The Hall–Kier alpha value is -1.34. The molecule has 0 heterocycles. The monoisotopic (exact) mass is 288 g/mol. The van der Waals surface area contributed by atoms with Gasteiger partial charge in [-0.05, 0) is 25.7 Å². The molecule has 1 aliphatic rings. The van der Waals surface area contributed by atoms with Gasteiger partial charge in [0.2, 0.25) is 0 Å². The first-order valence-corrected chi connectivity index (χ1v) is 7.25. The van der Waals surface area contributed by atoms with Crippen molar-refractivity contribution in [1.29, 1.82) is 0 Å². The summed E-state index contributed by atoms with van der Waals surface area (Å²) in [6, 6.07) is -0.161. The summed E-state index contributed by atoms with van der Waals surface area (Å²) < 4.78 is 0. The molecule has 0 spiro atoms. The minimum Gasteiger partial charge on any atom is -0.481 e. The number of carbonyl (C=O) groups excluding carboxylic acids is 1. The zero-order chi connectivity index (χ0) is 14.6. The second-order valence-electron chi connectivity index (χ2n) is 5.02. The van der Waals surface area contributed by atoms with Gasteiger partial charge in [-0.3, -0.25) is 4.79 Å². The van der Waals surface area contributed by atoms with Crippen molar-refractivity contribution in [2.45, 2.75) is 63.8 Å². The Bertz CT molecular complexity index is 292. The number of urea groups is 1. The number of carboxylic acid groups (broad SMARTS) is 1. The minimum absolute atomic E-state index is 0.170. The lowest BCUT2D eigenvalue weighted by molar-refractivity contribution is -0.324. The number of amides is 2. The van der Waals surface area contributed by atoms with Gasteiger partial charge in [0.15, 0.2) is 0 Å². The molecule has 2 amide bonds. The van der Waals surface area contributed by atoms with Crippen LogP contribution in [0.5, 0.6) is 0 Å². The van der Waals surface area contributed by atoms with E-state index in [1.165, 1.54) is 6.42 Å². The third-order valence-electron chi connectivity index (χ3n) is 3.25. The van der Waals surface area contributed by atoms with Crippen LogP contribution in [0.25, 0.3) is 0 Å². The van der Waals surface area contributed by atoms with Crippen molar-refractivity contribution in [3.8, 4) is 0 Å². The van der Waals surface area contributed by atoms with Gasteiger partial charge in [0.25, 0.3) is 0 Å². The smallest absolute Gasteiger partial charge is 0.341 e. The molecule has 20 heavy (non-hydrogen) atoms. The molecule has 0 aromatic rings. The molecule has 0 atom stereocenters. The molecular weight excluding hydrogens is 264 g/mol. The van der Waals surface area contributed by atoms with Crippen LogP contribution in [0.4, 0.5) is 4.79 Å². The molecule has 116 valence electrons. The molecule has 0 saturated heterocycles. The molecule has 0 unspecified atom stereocenters.